The molecular weight excluding hydrogens is 326 g/mol. The number of fused-ring (bicyclic) bond motifs is 1. The molecule has 4 aromatic rings. The number of hydrogen-bond acceptors (Lipinski definition) is 5. The summed E-state index contributed by atoms with van der Waals surface area (Å²) < 4.78 is 5.32. The van der Waals surface area contributed by atoms with E-state index in [4.69, 9.17) is 9.40 Å². The fourth-order valence-corrected chi connectivity index (χ4v) is 2.90. The molecule has 5 heteroatoms. The van der Waals surface area contributed by atoms with Gasteiger partial charge in [0, 0.05) is 10.9 Å². The maximum Gasteiger partial charge on any atom is 0.223 e. The maximum atomic E-state index is 10.6. The third-order valence-electron chi connectivity index (χ3n) is 4.29. The minimum atomic E-state index is -1.16. The molecule has 0 radical (unpaired) electrons. The second-order valence-corrected chi connectivity index (χ2v) is 6.38. The van der Waals surface area contributed by atoms with Crippen molar-refractivity contribution in [2.45, 2.75) is 12.5 Å². The molecule has 130 valence electrons. The monoisotopic (exact) mass is 345 g/mol. The van der Waals surface area contributed by atoms with E-state index in [1.807, 2.05) is 54.6 Å². The molecule has 2 aromatic heterocycles. The van der Waals surface area contributed by atoms with Gasteiger partial charge in [-0.25, -0.2) is 9.97 Å². The van der Waals surface area contributed by atoms with Crippen molar-refractivity contribution in [3.8, 4) is 11.3 Å². The molecule has 0 aliphatic rings. The molecule has 0 bridgehead atoms. The van der Waals surface area contributed by atoms with Crippen LogP contribution in [0.15, 0.2) is 77.4 Å². The average Bonchev–Trinajstić information content (AvgIpc) is 3.22. The molecule has 26 heavy (non-hydrogen) atoms. The standard InChI is InChI=1S/C21H19N3O2/c1-21(25,18-12-7-13-26-18)14-22-20-23-17-11-6-5-10-16(17)19(24-20)15-8-3-2-4-9-15/h2-13,25H,14H2,1H3,(H,22,23,24). The molecule has 0 saturated carbocycles. The Morgan fingerprint density at radius 1 is 0.962 bits per heavy atom. The summed E-state index contributed by atoms with van der Waals surface area (Å²) in [5, 5.41) is 14.8. The molecule has 0 aliphatic carbocycles. The molecule has 0 aliphatic heterocycles. The van der Waals surface area contributed by atoms with E-state index in [1.54, 1.807) is 25.3 Å². The van der Waals surface area contributed by atoms with Crippen molar-refractivity contribution >= 4 is 16.9 Å². The van der Waals surface area contributed by atoms with Crippen LogP contribution in [-0.2, 0) is 5.60 Å². The Morgan fingerprint density at radius 2 is 1.73 bits per heavy atom. The first-order chi connectivity index (χ1) is 12.6. The zero-order valence-electron chi connectivity index (χ0n) is 14.4. The van der Waals surface area contributed by atoms with Crippen LogP contribution < -0.4 is 5.32 Å². The number of hydrogen-bond donors (Lipinski definition) is 2. The van der Waals surface area contributed by atoms with Gasteiger partial charge in [0.2, 0.25) is 5.95 Å². The summed E-state index contributed by atoms with van der Waals surface area (Å²) in [6.45, 7) is 1.92. The molecule has 0 saturated heterocycles. The predicted octanol–water partition coefficient (Wildman–Crippen LogP) is 4.21. The number of nitrogens with zero attached hydrogens (tertiary/aromatic N) is 2. The van der Waals surface area contributed by atoms with E-state index in [0.29, 0.717) is 11.7 Å². The molecule has 2 aromatic carbocycles. The van der Waals surface area contributed by atoms with E-state index in [0.717, 1.165) is 22.2 Å². The van der Waals surface area contributed by atoms with Crippen molar-refractivity contribution < 1.29 is 9.52 Å². The normalized spacial score (nSPS) is 13.5. The zero-order chi connectivity index (χ0) is 18.0. The van der Waals surface area contributed by atoms with Crippen molar-refractivity contribution in [2.75, 3.05) is 11.9 Å². The van der Waals surface area contributed by atoms with Crippen molar-refractivity contribution in [1.29, 1.82) is 0 Å². The molecule has 2 N–H and O–H groups in total. The number of aliphatic hydroxyl groups is 1. The molecule has 2 heterocycles. The molecule has 0 spiro atoms. The van der Waals surface area contributed by atoms with Crippen molar-refractivity contribution in [1.82, 2.24) is 9.97 Å². The second-order valence-electron chi connectivity index (χ2n) is 6.38. The van der Waals surface area contributed by atoms with Crippen LogP contribution in [0.4, 0.5) is 5.95 Å². The predicted molar refractivity (Wildman–Crippen MR) is 102 cm³/mol. The van der Waals surface area contributed by atoms with E-state index in [1.165, 1.54) is 0 Å². The van der Waals surface area contributed by atoms with Crippen LogP contribution in [0, 0.1) is 0 Å². The number of nitrogens with one attached hydrogen (secondary N) is 1. The van der Waals surface area contributed by atoms with Crippen LogP contribution in [0.3, 0.4) is 0 Å². The fourth-order valence-electron chi connectivity index (χ4n) is 2.90. The molecule has 0 fully saturated rings. The van der Waals surface area contributed by atoms with Crippen LogP contribution >= 0.6 is 0 Å². The lowest BCUT2D eigenvalue weighted by Gasteiger charge is -2.21. The van der Waals surface area contributed by atoms with E-state index in [-0.39, 0.29) is 6.54 Å². The van der Waals surface area contributed by atoms with E-state index >= 15 is 0 Å². The lowest BCUT2D eigenvalue weighted by Crippen LogP contribution is -2.30. The molecule has 0 amide bonds. The van der Waals surface area contributed by atoms with E-state index < -0.39 is 5.60 Å². The summed E-state index contributed by atoms with van der Waals surface area (Å²) in [6, 6.07) is 21.4. The van der Waals surface area contributed by atoms with Crippen molar-refractivity contribution in [2.24, 2.45) is 0 Å². The topological polar surface area (TPSA) is 71.2 Å². The Kier molecular flexibility index (Phi) is 4.14. The minimum absolute atomic E-state index is 0.229. The zero-order valence-corrected chi connectivity index (χ0v) is 14.4. The molecule has 1 unspecified atom stereocenters. The highest BCUT2D eigenvalue weighted by Crippen LogP contribution is 2.28. The van der Waals surface area contributed by atoms with Gasteiger partial charge in [-0.15, -0.1) is 0 Å². The van der Waals surface area contributed by atoms with Crippen LogP contribution in [0.25, 0.3) is 22.2 Å². The van der Waals surface area contributed by atoms with Crippen LogP contribution in [0.1, 0.15) is 12.7 Å². The second kappa shape index (κ2) is 6.61. The smallest absolute Gasteiger partial charge is 0.223 e. The molecule has 4 rings (SSSR count). The Labute approximate surface area is 151 Å². The first kappa shape index (κ1) is 16.3. The molecule has 5 nitrogen and oxygen atoms in total. The number of rotatable bonds is 5. The maximum absolute atomic E-state index is 10.6. The fraction of sp³-hybridized carbons (Fsp3) is 0.143. The summed E-state index contributed by atoms with van der Waals surface area (Å²) in [5.41, 5.74) is 1.57. The van der Waals surface area contributed by atoms with Gasteiger partial charge in [-0.3, -0.25) is 0 Å². The number of aromatic nitrogens is 2. The quantitative estimate of drug-likeness (QED) is 0.567. The largest absolute Gasteiger partial charge is 0.466 e. The van der Waals surface area contributed by atoms with Crippen molar-refractivity contribution in [3.05, 3.63) is 78.8 Å². The van der Waals surface area contributed by atoms with Gasteiger partial charge in [-0.05, 0) is 25.1 Å². The van der Waals surface area contributed by atoms with Gasteiger partial charge < -0.3 is 14.8 Å². The van der Waals surface area contributed by atoms with Gasteiger partial charge in [-0.2, -0.15) is 0 Å². The summed E-state index contributed by atoms with van der Waals surface area (Å²) in [6.07, 6.45) is 1.55. The first-order valence-corrected chi connectivity index (χ1v) is 8.46. The van der Waals surface area contributed by atoms with Crippen LogP contribution in [0.2, 0.25) is 0 Å². The van der Waals surface area contributed by atoms with E-state index in [2.05, 4.69) is 10.3 Å². The summed E-state index contributed by atoms with van der Waals surface area (Å²) >= 11 is 0. The lowest BCUT2D eigenvalue weighted by molar-refractivity contribution is 0.0475. The summed E-state index contributed by atoms with van der Waals surface area (Å²) in [7, 11) is 0. The van der Waals surface area contributed by atoms with Gasteiger partial charge in [0.25, 0.3) is 0 Å². The number of furan rings is 1. The molecule has 1 atom stereocenters. The van der Waals surface area contributed by atoms with Gasteiger partial charge in [0.1, 0.15) is 11.4 Å². The number of para-hydroxylation sites is 1. The highest BCUT2D eigenvalue weighted by molar-refractivity contribution is 5.93. The highest BCUT2D eigenvalue weighted by atomic mass is 16.4. The van der Waals surface area contributed by atoms with Crippen LogP contribution in [0.5, 0.6) is 0 Å². The Hall–Kier alpha value is -3.18. The Balaban J connectivity index is 1.70. The summed E-state index contributed by atoms with van der Waals surface area (Å²) in [5.74, 6) is 0.962. The minimum Gasteiger partial charge on any atom is -0.466 e. The number of anilines is 1. The first-order valence-electron chi connectivity index (χ1n) is 8.46. The van der Waals surface area contributed by atoms with Gasteiger partial charge in [-0.1, -0.05) is 48.5 Å². The van der Waals surface area contributed by atoms with E-state index in [9.17, 15) is 5.11 Å². The van der Waals surface area contributed by atoms with Crippen LogP contribution in [-0.4, -0.2) is 21.6 Å². The number of benzene rings is 2. The molecular formula is C21H19N3O2. The SMILES string of the molecule is CC(O)(CNc1nc(-c2ccccc2)c2ccccc2n1)c1ccco1. The van der Waals surface area contributed by atoms with Crippen molar-refractivity contribution in [3.63, 3.8) is 0 Å². The third kappa shape index (κ3) is 3.17. The van der Waals surface area contributed by atoms with Gasteiger partial charge in [0.15, 0.2) is 0 Å². The highest BCUT2D eigenvalue weighted by Gasteiger charge is 2.26. The third-order valence-corrected chi connectivity index (χ3v) is 4.29. The average molecular weight is 345 g/mol. The summed E-state index contributed by atoms with van der Waals surface area (Å²) in [4.78, 5) is 9.27. The Bertz CT molecular complexity index is 1010. The Morgan fingerprint density at radius 3 is 2.50 bits per heavy atom. The van der Waals surface area contributed by atoms with Gasteiger partial charge in [0.05, 0.1) is 24.0 Å². The van der Waals surface area contributed by atoms with Gasteiger partial charge >= 0.3 is 0 Å². The lowest BCUT2D eigenvalue weighted by atomic mass is 10.0.